The van der Waals surface area contributed by atoms with Crippen LogP contribution in [0.25, 0.3) is 0 Å². The van der Waals surface area contributed by atoms with Crippen molar-refractivity contribution >= 4 is 5.97 Å². The molecule has 0 aromatic heterocycles. The molecule has 1 aromatic carbocycles. The second-order valence-electron chi connectivity index (χ2n) is 5.73. The molecule has 102 valence electrons. The fourth-order valence-electron chi connectivity index (χ4n) is 3.49. The van der Waals surface area contributed by atoms with Crippen LogP contribution in [0.4, 0.5) is 0 Å². The first-order valence-electron chi connectivity index (χ1n) is 7.24. The Morgan fingerprint density at radius 1 is 1.32 bits per heavy atom. The predicted octanol–water partition coefficient (Wildman–Crippen LogP) is 2.68. The molecule has 3 rings (SSSR count). The zero-order chi connectivity index (χ0) is 13.2. The second kappa shape index (κ2) is 5.33. The summed E-state index contributed by atoms with van der Waals surface area (Å²) in [6.07, 6.45) is 3.51. The maximum absolute atomic E-state index is 12.3. The van der Waals surface area contributed by atoms with Gasteiger partial charge in [-0.2, -0.15) is 0 Å². The van der Waals surface area contributed by atoms with Gasteiger partial charge in [-0.25, -0.2) is 0 Å². The van der Waals surface area contributed by atoms with Crippen molar-refractivity contribution in [3.05, 3.63) is 35.9 Å². The molecule has 4 unspecified atom stereocenters. The highest BCUT2D eigenvalue weighted by molar-refractivity contribution is 5.77. The van der Waals surface area contributed by atoms with Gasteiger partial charge in [-0.1, -0.05) is 36.8 Å². The third kappa shape index (κ3) is 2.52. The van der Waals surface area contributed by atoms with Crippen LogP contribution in [0.1, 0.15) is 37.9 Å². The molecule has 1 aliphatic heterocycles. The first-order chi connectivity index (χ1) is 9.25. The molecule has 3 heteroatoms. The van der Waals surface area contributed by atoms with E-state index in [9.17, 15) is 4.79 Å². The van der Waals surface area contributed by atoms with Gasteiger partial charge >= 0.3 is 5.97 Å². The maximum Gasteiger partial charge on any atom is 0.324 e. The van der Waals surface area contributed by atoms with Crippen molar-refractivity contribution in [1.29, 1.82) is 0 Å². The molecule has 1 saturated carbocycles. The Morgan fingerprint density at radius 3 is 2.89 bits per heavy atom. The van der Waals surface area contributed by atoms with E-state index in [-0.39, 0.29) is 18.1 Å². The number of hydrogen-bond acceptors (Lipinski definition) is 3. The van der Waals surface area contributed by atoms with Gasteiger partial charge in [0.25, 0.3) is 0 Å². The summed E-state index contributed by atoms with van der Waals surface area (Å²) in [5.74, 6) is 1.10. The predicted molar refractivity (Wildman–Crippen MR) is 73.6 cm³/mol. The third-order valence-electron chi connectivity index (χ3n) is 4.56. The molecular formula is C16H21NO2. The smallest absolute Gasteiger partial charge is 0.324 e. The molecule has 1 aromatic rings. The number of benzene rings is 1. The van der Waals surface area contributed by atoms with Gasteiger partial charge in [-0.3, -0.25) is 4.79 Å². The van der Waals surface area contributed by atoms with Crippen molar-refractivity contribution in [1.82, 2.24) is 5.32 Å². The Hall–Kier alpha value is -1.35. The Bertz CT molecular complexity index is 445. The quantitative estimate of drug-likeness (QED) is 0.848. The molecule has 2 aliphatic rings. The normalized spacial score (nSPS) is 30.9. The van der Waals surface area contributed by atoms with E-state index < -0.39 is 0 Å². The molecular weight excluding hydrogens is 238 g/mol. The van der Waals surface area contributed by atoms with Gasteiger partial charge in [-0.15, -0.1) is 0 Å². The third-order valence-corrected chi connectivity index (χ3v) is 4.56. The van der Waals surface area contributed by atoms with Crippen molar-refractivity contribution < 1.29 is 9.53 Å². The van der Waals surface area contributed by atoms with Crippen molar-refractivity contribution in [2.45, 2.75) is 38.3 Å². The van der Waals surface area contributed by atoms with E-state index >= 15 is 0 Å². The Balaban J connectivity index is 1.62. The summed E-state index contributed by atoms with van der Waals surface area (Å²) in [7, 11) is 0. The van der Waals surface area contributed by atoms with Crippen LogP contribution in [0, 0.1) is 11.8 Å². The first kappa shape index (κ1) is 12.7. The topological polar surface area (TPSA) is 38.3 Å². The van der Waals surface area contributed by atoms with E-state index in [0.29, 0.717) is 11.8 Å². The molecule has 1 N–H and O–H groups in total. The van der Waals surface area contributed by atoms with E-state index in [1.807, 2.05) is 37.3 Å². The molecule has 0 spiro atoms. The molecule has 0 bridgehead atoms. The lowest BCUT2D eigenvalue weighted by molar-refractivity contribution is -0.152. The number of carbonyl (C=O) groups excluding carboxylic acids is 1. The van der Waals surface area contributed by atoms with Crippen LogP contribution >= 0.6 is 0 Å². The van der Waals surface area contributed by atoms with Crippen molar-refractivity contribution in [2.24, 2.45) is 11.8 Å². The summed E-state index contributed by atoms with van der Waals surface area (Å²) < 4.78 is 5.63. The molecule has 2 fully saturated rings. The minimum Gasteiger partial charge on any atom is -0.457 e. The molecule has 4 atom stereocenters. The lowest BCUT2D eigenvalue weighted by Gasteiger charge is -2.20. The fourth-order valence-corrected chi connectivity index (χ4v) is 3.49. The summed E-state index contributed by atoms with van der Waals surface area (Å²) in [6, 6.07) is 9.83. The Kier molecular flexibility index (Phi) is 3.56. The first-order valence-corrected chi connectivity index (χ1v) is 7.24. The molecule has 19 heavy (non-hydrogen) atoms. The largest absolute Gasteiger partial charge is 0.457 e. The fraction of sp³-hybridized carbons (Fsp3) is 0.562. The zero-order valence-corrected chi connectivity index (χ0v) is 11.3. The van der Waals surface area contributed by atoms with Crippen molar-refractivity contribution in [2.75, 3.05) is 6.54 Å². The number of nitrogens with one attached hydrogen (secondary N) is 1. The van der Waals surface area contributed by atoms with Gasteiger partial charge in [0, 0.05) is 0 Å². The lowest BCUT2D eigenvalue weighted by Crippen LogP contribution is -2.37. The van der Waals surface area contributed by atoms with E-state index in [1.54, 1.807) is 0 Å². The number of rotatable bonds is 3. The summed E-state index contributed by atoms with van der Waals surface area (Å²) in [6.45, 7) is 2.92. The van der Waals surface area contributed by atoms with Crippen LogP contribution in [0.5, 0.6) is 0 Å². The molecule has 1 saturated heterocycles. The molecule has 0 radical (unpaired) electrons. The van der Waals surface area contributed by atoms with Crippen LogP contribution in [0.3, 0.4) is 0 Å². The maximum atomic E-state index is 12.3. The van der Waals surface area contributed by atoms with E-state index in [1.165, 1.54) is 12.8 Å². The molecule has 1 aliphatic carbocycles. The highest BCUT2D eigenvalue weighted by Gasteiger charge is 2.43. The lowest BCUT2D eigenvalue weighted by atomic mass is 9.94. The SMILES string of the molecule is CC(OC(=O)C1NCC2CCCC21)c1ccccc1. The van der Waals surface area contributed by atoms with Crippen molar-refractivity contribution in [3.63, 3.8) is 0 Å². The number of fused-ring (bicyclic) bond motifs is 1. The van der Waals surface area contributed by atoms with Gasteiger partial charge < -0.3 is 10.1 Å². The monoisotopic (exact) mass is 259 g/mol. The van der Waals surface area contributed by atoms with Crippen LogP contribution < -0.4 is 5.32 Å². The summed E-state index contributed by atoms with van der Waals surface area (Å²) in [4.78, 5) is 12.3. The number of esters is 1. The van der Waals surface area contributed by atoms with Gasteiger partial charge in [-0.05, 0) is 43.7 Å². The van der Waals surface area contributed by atoms with E-state index in [0.717, 1.165) is 18.5 Å². The van der Waals surface area contributed by atoms with Gasteiger partial charge in [0.2, 0.25) is 0 Å². The number of carbonyl (C=O) groups is 1. The second-order valence-corrected chi connectivity index (χ2v) is 5.73. The van der Waals surface area contributed by atoms with E-state index in [4.69, 9.17) is 4.74 Å². The molecule has 0 amide bonds. The minimum absolute atomic E-state index is 0.0780. The van der Waals surface area contributed by atoms with Crippen LogP contribution in [0.2, 0.25) is 0 Å². The van der Waals surface area contributed by atoms with Crippen molar-refractivity contribution in [3.8, 4) is 0 Å². The summed E-state index contributed by atoms with van der Waals surface area (Å²) in [5.41, 5.74) is 1.05. The zero-order valence-electron chi connectivity index (χ0n) is 11.3. The Labute approximate surface area is 114 Å². The molecule has 3 nitrogen and oxygen atoms in total. The highest BCUT2D eigenvalue weighted by atomic mass is 16.5. The van der Waals surface area contributed by atoms with Gasteiger partial charge in [0.15, 0.2) is 0 Å². The van der Waals surface area contributed by atoms with E-state index in [2.05, 4.69) is 5.32 Å². The average molecular weight is 259 g/mol. The molecule has 1 heterocycles. The number of hydrogen-bond donors (Lipinski definition) is 1. The van der Waals surface area contributed by atoms with Gasteiger partial charge in [0.1, 0.15) is 12.1 Å². The summed E-state index contributed by atoms with van der Waals surface area (Å²) in [5, 5.41) is 3.34. The minimum atomic E-state index is -0.170. The standard InChI is InChI=1S/C16H21NO2/c1-11(12-6-3-2-4-7-12)19-16(18)15-14-9-5-8-13(14)10-17-15/h2-4,6-7,11,13-15,17H,5,8-10H2,1H3. The van der Waals surface area contributed by atoms with Crippen LogP contribution in [-0.2, 0) is 9.53 Å². The number of ether oxygens (including phenoxy) is 1. The summed E-state index contributed by atoms with van der Waals surface area (Å²) >= 11 is 0. The van der Waals surface area contributed by atoms with Crippen LogP contribution in [0.15, 0.2) is 30.3 Å². The highest BCUT2D eigenvalue weighted by Crippen LogP contribution is 2.38. The van der Waals surface area contributed by atoms with Gasteiger partial charge in [0.05, 0.1) is 0 Å². The van der Waals surface area contributed by atoms with Crippen LogP contribution in [-0.4, -0.2) is 18.6 Å². The average Bonchev–Trinajstić information content (AvgIpc) is 3.01. The Morgan fingerprint density at radius 2 is 2.11 bits per heavy atom.